The van der Waals surface area contributed by atoms with E-state index in [1.165, 1.54) is 23.3 Å². The predicted molar refractivity (Wildman–Crippen MR) is 79.8 cm³/mol. The van der Waals surface area contributed by atoms with Gasteiger partial charge in [-0.2, -0.15) is 11.8 Å². The lowest BCUT2D eigenvalue weighted by molar-refractivity contribution is 0.628. The topological polar surface area (TPSA) is 12.0 Å². The van der Waals surface area contributed by atoms with Crippen molar-refractivity contribution in [1.29, 1.82) is 0 Å². The SMILES string of the molecule is CNC(CSCCC(C)C)c1ccccc1C. The summed E-state index contributed by atoms with van der Waals surface area (Å²) in [6.07, 6.45) is 1.31. The molecule has 1 atom stereocenters. The van der Waals surface area contributed by atoms with Crippen molar-refractivity contribution < 1.29 is 0 Å². The fourth-order valence-corrected chi connectivity index (χ4v) is 3.21. The minimum Gasteiger partial charge on any atom is -0.312 e. The molecule has 1 unspecified atom stereocenters. The van der Waals surface area contributed by atoms with E-state index in [1.54, 1.807) is 0 Å². The fraction of sp³-hybridized carbons (Fsp3) is 0.600. The van der Waals surface area contributed by atoms with Gasteiger partial charge in [0.15, 0.2) is 0 Å². The minimum atomic E-state index is 0.480. The highest BCUT2D eigenvalue weighted by Crippen LogP contribution is 2.22. The van der Waals surface area contributed by atoms with Crippen LogP contribution in [0.3, 0.4) is 0 Å². The quantitative estimate of drug-likeness (QED) is 0.734. The highest BCUT2D eigenvalue weighted by molar-refractivity contribution is 7.99. The van der Waals surface area contributed by atoms with Gasteiger partial charge in [0.1, 0.15) is 0 Å². The van der Waals surface area contributed by atoms with Crippen molar-refractivity contribution in [3.05, 3.63) is 35.4 Å². The third-order valence-electron chi connectivity index (χ3n) is 3.04. The van der Waals surface area contributed by atoms with Gasteiger partial charge in [0.05, 0.1) is 0 Å². The third-order valence-corrected chi connectivity index (χ3v) is 4.13. The lowest BCUT2D eigenvalue weighted by atomic mass is 10.0. The molecule has 1 nitrogen and oxygen atoms in total. The zero-order valence-electron chi connectivity index (χ0n) is 11.5. The molecule has 0 radical (unpaired) electrons. The highest BCUT2D eigenvalue weighted by atomic mass is 32.2. The van der Waals surface area contributed by atoms with Crippen molar-refractivity contribution in [3.8, 4) is 0 Å². The fourth-order valence-electron chi connectivity index (χ4n) is 1.83. The molecule has 0 aliphatic rings. The third kappa shape index (κ3) is 5.13. The summed E-state index contributed by atoms with van der Waals surface area (Å²) in [5.74, 6) is 3.24. The molecular weight excluding hydrogens is 226 g/mol. The van der Waals surface area contributed by atoms with Gasteiger partial charge in [0, 0.05) is 11.8 Å². The standard InChI is InChI=1S/C15H25NS/c1-12(2)9-10-17-11-15(16-4)14-8-6-5-7-13(14)3/h5-8,12,15-16H,9-11H2,1-4H3. The number of nitrogens with one attached hydrogen (secondary N) is 1. The maximum absolute atomic E-state index is 3.43. The molecule has 0 fully saturated rings. The van der Waals surface area contributed by atoms with Crippen LogP contribution in [-0.4, -0.2) is 18.6 Å². The van der Waals surface area contributed by atoms with E-state index in [0.29, 0.717) is 6.04 Å². The summed E-state index contributed by atoms with van der Waals surface area (Å²) in [6.45, 7) is 6.77. The second-order valence-electron chi connectivity index (χ2n) is 4.96. The largest absolute Gasteiger partial charge is 0.312 e. The monoisotopic (exact) mass is 251 g/mol. The molecule has 2 heteroatoms. The van der Waals surface area contributed by atoms with Crippen LogP contribution in [0.1, 0.15) is 37.4 Å². The van der Waals surface area contributed by atoms with Gasteiger partial charge in [-0.3, -0.25) is 0 Å². The van der Waals surface area contributed by atoms with Crippen LogP contribution >= 0.6 is 11.8 Å². The van der Waals surface area contributed by atoms with Crippen molar-refractivity contribution in [1.82, 2.24) is 5.32 Å². The maximum atomic E-state index is 3.43. The van der Waals surface area contributed by atoms with E-state index >= 15 is 0 Å². The molecule has 0 saturated carbocycles. The zero-order chi connectivity index (χ0) is 12.7. The Bertz CT molecular complexity index is 322. The Labute approximate surface area is 110 Å². The summed E-state index contributed by atoms with van der Waals surface area (Å²) in [7, 11) is 2.06. The van der Waals surface area contributed by atoms with Gasteiger partial charge < -0.3 is 5.32 Å². The first-order valence-electron chi connectivity index (χ1n) is 6.45. The Kier molecular flexibility index (Phi) is 6.68. The molecule has 0 bridgehead atoms. The van der Waals surface area contributed by atoms with E-state index in [2.05, 4.69) is 69.2 Å². The Balaban J connectivity index is 2.46. The normalized spacial score (nSPS) is 13.0. The van der Waals surface area contributed by atoms with Crippen LogP contribution in [0.4, 0.5) is 0 Å². The molecule has 1 aromatic carbocycles. The molecule has 17 heavy (non-hydrogen) atoms. The Morgan fingerprint density at radius 2 is 1.94 bits per heavy atom. The number of hydrogen-bond donors (Lipinski definition) is 1. The number of hydrogen-bond acceptors (Lipinski definition) is 2. The molecule has 0 aromatic heterocycles. The second-order valence-corrected chi connectivity index (χ2v) is 6.11. The minimum absolute atomic E-state index is 0.480. The van der Waals surface area contributed by atoms with E-state index in [0.717, 1.165) is 11.7 Å². The number of aryl methyl sites for hydroxylation is 1. The maximum Gasteiger partial charge on any atom is 0.0412 e. The van der Waals surface area contributed by atoms with Gasteiger partial charge in [0.2, 0.25) is 0 Å². The molecule has 0 aliphatic carbocycles. The molecule has 1 aromatic rings. The summed E-state index contributed by atoms with van der Waals surface area (Å²) in [5, 5.41) is 3.43. The highest BCUT2D eigenvalue weighted by Gasteiger charge is 2.10. The first-order valence-corrected chi connectivity index (χ1v) is 7.61. The van der Waals surface area contributed by atoms with Gasteiger partial charge in [-0.1, -0.05) is 38.1 Å². The molecule has 0 heterocycles. The summed E-state index contributed by atoms with van der Waals surface area (Å²) in [4.78, 5) is 0. The summed E-state index contributed by atoms with van der Waals surface area (Å²) in [5.41, 5.74) is 2.82. The molecule has 0 saturated heterocycles. The Morgan fingerprint density at radius 3 is 2.53 bits per heavy atom. The van der Waals surface area contributed by atoms with Crippen molar-refractivity contribution in [2.75, 3.05) is 18.6 Å². The number of rotatable bonds is 7. The van der Waals surface area contributed by atoms with Crippen molar-refractivity contribution in [3.63, 3.8) is 0 Å². The van der Waals surface area contributed by atoms with Crippen LogP contribution < -0.4 is 5.32 Å². The molecule has 0 amide bonds. The summed E-state index contributed by atoms with van der Waals surface area (Å²) >= 11 is 2.06. The van der Waals surface area contributed by atoms with Crippen LogP contribution in [0.15, 0.2) is 24.3 Å². The van der Waals surface area contributed by atoms with E-state index in [-0.39, 0.29) is 0 Å². The van der Waals surface area contributed by atoms with Gasteiger partial charge in [-0.25, -0.2) is 0 Å². The van der Waals surface area contributed by atoms with Crippen molar-refractivity contribution in [2.45, 2.75) is 33.2 Å². The molecule has 96 valence electrons. The second kappa shape index (κ2) is 7.78. The van der Waals surface area contributed by atoms with E-state index < -0.39 is 0 Å². The molecule has 1 N–H and O–H groups in total. The predicted octanol–water partition coefficient (Wildman–Crippen LogP) is 4.03. The van der Waals surface area contributed by atoms with Gasteiger partial charge in [0.25, 0.3) is 0 Å². The molecule has 0 aliphatic heterocycles. The van der Waals surface area contributed by atoms with Gasteiger partial charge in [-0.15, -0.1) is 0 Å². The average molecular weight is 251 g/mol. The van der Waals surface area contributed by atoms with Crippen LogP contribution in [0.5, 0.6) is 0 Å². The van der Waals surface area contributed by atoms with Crippen LogP contribution in [0, 0.1) is 12.8 Å². The average Bonchev–Trinajstić information content (AvgIpc) is 2.30. The Morgan fingerprint density at radius 1 is 1.24 bits per heavy atom. The molecule has 0 spiro atoms. The van der Waals surface area contributed by atoms with E-state index in [4.69, 9.17) is 0 Å². The number of thioether (sulfide) groups is 1. The first-order chi connectivity index (χ1) is 8.15. The lowest BCUT2D eigenvalue weighted by Crippen LogP contribution is -2.20. The summed E-state index contributed by atoms with van der Waals surface area (Å²) < 4.78 is 0. The summed E-state index contributed by atoms with van der Waals surface area (Å²) in [6, 6.07) is 9.15. The van der Waals surface area contributed by atoms with E-state index in [9.17, 15) is 0 Å². The number of benzene rings is 1. The van der Waals surface area contributed by atoms with Gasteiger partial charge >= 0.3 is 0 Å². The van der Waals surface area contributed by atoms with Crippen LogP contribution in [0.25, 0.3) is 0 Å². The molecular formula is C15H25NS. The molecule has 1 rings (SSSR count). The van der Waals surface area contributed by atoms with Crippen molar-refractivity contribution >= 4 is 11.8 Å². The van der Waals surface area contributed by atoms with E-state index in [1.807, 2.05) is 0 Å². The zero-order valence-corrected chi connectivity index (χ0v) is 12.3. The van der Waals surface area contributed by atoms with Crippen molar-refractivity contribution in [2.24, 2.45) is 5.92 Å². The first kappa shape index (κ1) is 14.6. The van der Waals surface area contributed by atoms with Crippen LogP contribution in [-0.2, 0) is 0 Å². The van der Waals surface area contributed by atoms with Crippen LogP contribution in [0.2, 0.25) is 0 Å². The van der Waals surface area contributed by atoms with Gasteiger partial charge in [-0.05, 0) is 43.2 Å². The smallest absolute Gasteiger partial charge is 0.0412 e. The Hall–Kier alpha value is -0.470. The lowest BCUT2D eigenvalue weighted by Gasteiger charge is -2.18.